The van der Waals surface area contributed by atoms with Crippen LogP contribution in [0, 0.1) is 10.1 Å². The van der Waals surface area contributed by atoms with Crippen molar-refractivity contribution in [3.63, 3.8) is 0 Å². The van der Waals surface area contributed by atoms with Crippen molar-refractivity contribution >= 4 is 27.1 Å². The number of anilines is 1. The number of amides is 1. The van der Waals surface area contributed by atoms with Gasteiger partial charge in [-0.2, -0.15) is 0 Å². The average molecular weight is 392 g/mol. The predicted octanol–water partition coefficient (Wildman–Crippen LogP) is 1.55. The van der Waals surface area contributed by atoms with Crippen LogP contribution in [-0.4, -0.2) is 43.6 Å². The van der Waals surface area contributed by atoms with Gasteiger partial charge in [0.25, 0.3) is 5.69 Å². The van der Waals surface area contributed by atoms with Crippen LogP contribution in [0.25, 0.3) is 0 Å². The maximum absolute atomic E-state index is 11.8. The zero-order valence-electron chi connectivity index (χ0n) is 14.7. The van der Waals surface area contributed by atoms with Gasteiger partial charge >= 0.3 is 0 Å². The second kappa shape index (κ2) is 9.08. The molecule has 1 aromatic heterocycles. The van der Waals surface area contributed by atoms with Crippen molar-refractivity contribution in [2.24, 2.45) is 0 Å². The molecular weight excluding hydrogens is 372 g/mol. The summed E-state index contributed by atoms with van der Waals surface area (Å²) in [4.78, 5) is 26.2. The van der Waals surface area contributed by atoms with E-state index < -0.39 is 14.8 Å². The van der Waals surface area contributed by atoms with Gasteiger partial charge in [-0.05, 0) is 30.2 Å². The summed E-state index contributed by atoms with van der Waals surface area (Å²) in [5.41, 5.74) is 0.824. The molecule has 0 unspecified atom stereocenters. The molecule has 27 heavy (non-hydrogen) atoms. The SMILES string of the molecule is CS(=O)(=O)c1ccc(NCCNC(=O)CCc2cccnc2)c([N+](=O)[O-])c1. The molecule has 0 saturated carbocycles. The molecule has 0 atom stereocenters. The first kappa shape index (κ1) is 20.3. The number of sulfone groups is 1. The molecule has 0 radical (unpaired) electrons. The van der Waals surface area contributed by atoms with Crippen molar-refractivity contribution in [1.29, 1.82) is 0 Å². The molecule has 0 spiro atoms. The Morgan fingerprint density at radius 1 is 1.26 bits per heavy atom. The number of nitro groups is 1. The van der Waals surface area contributed by atoms with Crippen LogP contribution < -0.4 is 10.6 Å². The molecule has 144 valence electrons. The van der Waals surface area contributed by atoms with Gasteiger partial charge in [0.2, 0.25) is 5.91 Å². The van der Waals surface area contributed by atoms with E-state index in [-0.39, 0.29) is 35.3 Å². The van der Waals surface area contributed by atoms with Crippen molar-refractivity contribution < 1.29 is 18.1 Å². The lowest BCUT2D eigenvalue weighted by Crippen LogP contribution is -2.29. The van der Waals surface area contributed by atoms with Gasteiger partial charge in [-0.25, -0.2) is 8.42 Å². The molecule has 0 aliphatic rings. The Labute approximate surface area is 156 Å². The third-order valence-corrected chi connectivity index (χ3v) is 4.83. The minimum Gasteiger partial charge on any atom is -0.378 e. The van der Waals surface area contributed by atoms with Crippen LogP contribution in [-0.2, 0) is 21.1 Å². The molecule has 2 aromatic rings. The maximum atomic E-state index is 11.8. The van der Waals surface area contributed by atoms with Gasteiger partial charge in [-0.1, -0.05) is 6.07 Å². The Bertz CT molecular complexity index is 916. The van der Waals surface area contributed by atoms with Gasteiger partial charge in [0.15, 0.2) is 9.84 Å². The predicted molar refractivity (Wildman–Crippen MR) is 100 cm³/mol. The van der Waals surface area contributed by atoms with Gasteiger partial charge in [-0.3, -0.25) is 19.9 Å². The number of nitrogens with one attached hydrogen (secondary N) is 2. The van der Waals surface area contributed by atoms with Crippen LogP contribution >= 0.6 is 0 Å². The Hall–Kier alpha value is -3.01. The molecule has 0 aliphatic heterocycles. The van der Waals surface area contributed by atoms with Crippen molar-refractivity contribution in [2.75, 3.05) is 24.7 Å². The van der Waals surface area contributed by atoms with E-state index in [1.54, 1.807) is 18.5 Å². The van der Waals surface area contributed by atoms with Crippen molar-refractivity contribution in [2.45, 2.75) is 17.7 Å². The quantitative estimate of drug-likeness (QED) is 0.376. The zero-order chi connectivity index (χ0) is 19.9. The highest BCUT2D eigenvalue weighted by Gasteiger charge is 2.18. The lowest BCUT2D eigenvalue weighted by Gasteiger charge is -2.09. The molecule has 2 rings (SSSR count). The van der Waals surface area contributed by atoms with E-state index in [0.29, 0.717) is 12.8 Å². The molecule has 0 bridgehead atoms. The van der Waals surface area contributed by atoms with Crippen molar-refractivity contribution in [3.05, 3.63) is 58.4 Å². The fourth-order valence-corrected chi connectivity index (χ4v) is 2.97. The van der Waals surface area contributed by atoms with Gasteiger partial charge in [0.1, 0.15) is 5.69 Å². The monoisotopic (exact) mass is 392 g/mol. The van der Waals surface area contributed by atoms with Crippen LogP contribution in [0.4, 0.5) is 11.4 Å². The number of hydrogen-bond acceptors (Lipinski definition) is 7. The molecule has 2 N–H and O–H groups in total. The second-order valence-electron chi connectivity index (χ2n) is 5.85. The van der Waals surface area contributed by atoms with Gasteiger partial charge in [0.05, 0.1) is 9.82 Å². The molecule has 0 fully saturated rings. The van der Waals surface area contributed by atoms with Crippen molar-refractivity contribution in [1.82, 2.24) is 10.3 Å². The number of nitro benzene ring substituents is 1. The standard InChI is InChI=1S/C17H20N4O5S/c1-27(25,26)14-5-6-15(16(11-14)21(23)24)19-9-10-20-17(22)7-4-13-3-2-8-18-12-13/h2-3,5-6,8,11-12,19H,4,7,9-10H2,1H3,(H,20,22). The molecule has 1 amide bonds. The summed E-state index contributed by atoms with van der Waals surface area (Å²) in [7, 11) is -3.53. The summed E-state index contributed by atoms with van der Waals surface area (Å²) < 4.78 is 23.0. The minimum absolute atomic E-state index is 0.122. The number of pyridine rings is 1. The van der Waals surface area contributed by atoms with E-state index in [2.05, 4.69) is 15.6 Å². The molecule has 1 heterocycles. The van der Waals surface area contributed by atoms with Gasteiger partial charge in [0, 0.05) is 44.2 Å². The molecule has 0 saturated heterocycles. The lowest BCUT2D eigenvalue weighted by molar-refractivity contribution is -0.384. The van der Waals surface area contributed by atoms with Gasteiger partial charge in [-0.15, -0.1) is 0 Å². The summed E-state index contributed by atoms with van der Waals surface area (Å²) in [5.74, 6) is -0.137. The first-order valence-electron chi connectivity index (χ1n) is 8.15. The average Bonchev–Trinajstić information content (AvgIpc) is 2.63. The fraction of sp³-hybridized carbons (Fsp3) is 0.294. The third-order valence-electron chi connectivity index (χ3n) is 3.72. The normalized spacial score (nSPS) is 11.0. The van der Waals surface area contributed by atoms with E-state index in [1.165, 1.54) is 12.1 Å². The number of aromatic nitrogens is 1. The minimum atomic E-state index is -3.53. The summed E-state index contributed by atoms with van der Waals surface area (Å²) in [6.45, 7) is 0.536. The number of rotatable bonds is 9. The second-order valence-corrected chi connectivity index (χ2v) is 7.86. The number of benzene rings is 1. The molecular formula is C17H20N4O5S. The number of hydrogen-bond donors (Lipinski definition) is 2. The number of nitrogens with zero attached hydrogens (tertiary/aromatic N) is 2. The fourth-order valence-electron chi connectivity index (χ4n) is 2.33. The first-order valence-corrected chi connectivity index (χ1v) is 10.0. The summed E-state index contributed by atoms with van der Waals surface area (Å²) >= 11 is 0. The summed E-state index contributed by atoms with van der Waals surface area (Å²) in [5, 5.41) is 16.7. The number of carbonyl (C=O) groups is 1. The van der Waals surface area contributed by atoms with E-state index >= 15 is 0 Å². The Morgan fingerprint density at radius 2 is 2.04 bits per heavy atom. The highest BCUT2D eigenvalue weighted by molar-refractivity contribution is 7.90. The Morgan fingerprint density at radius 3 is 2.67 bits per heavy atom. The van der Waals surface area contributed by atoms with Crippen LogP contribution in [0.5, 0.6) is 0 Å². The molecule has 9 nitrogen and oxygen atoms in total. The maximum Gasteiger partial charge on any atom is 0.293 e. The summed E-state index contributed by atoms with van der Waals surface area (Å²) in [6.07, 6.45) is 5.24. The lowest BCUT2D eigenvalue weighted by atomic mass is 10.1. The highest BCUT2D eigenvalue weighted by Crippen LogP contribution is 2.27. The summed E-state index contributed by atoms with van der Waals surface area (Å²) in [6, 6.07) is 7.36. The Kier molecular flexibility index (Phi) is 6.83. The third kappa shape index (κ3) is 6.33. The van der Waals surface area contributed by atoms with Gasteiger partial charge < -0.3 is 10.6 Å². The van der Waals surface area contributed by atoms with Crippen LogP contribution in [0.15, 0.2) is 47.6 Å². The molecule has 0 aliphatic carbocycles. The topological polar surface area (TPSA) is 131 Å². The van der Waals surface area contributed by atoms with Crippen LogP contribution in [0.1, 0.15) is 12.0 Å². The highest BCUT2D eigenvalue weighted by atomic mass is 32.2. The van der Waals surface area contributed by atoms with E-state index in [4.69, 9.17) is 0 Å². The van der Waals surface area contributed by atoms with E-state index in [9.17, 15) is 23.3 Å². The van der Waals surface area contributed by atoms with Crippen molar-refractivity contribution in [3.8, 4) is 0 Å². The molecule has 10 heteroatoms. The number of aryl methyl sites for hydroxylation is 1. The van der Waals surface area contributed by atoms with E-state index in [0.717, 1.165) is 17.9 Å². The largest absolute Gasteiger partial charge is 0.378 e. The van der Waals surface area contributed by atoms with Crippen LogP contribution in [0.3, 0.4) is 0 Å². The van der Waals surface area contributed by atoms with E-state index in [1.807, 2.05) is 6.07 Å². The first-order chi connectivity index (χ1) is 12.8. The smallest absolute Gasteiger partial charge is 0.293 e. The van der Waals surface area contributed by atoms with Crippen LogP contribution in [0.2, 0.25) is 0 Å². The Balaban J connectivity index is 1.84. The zero-order valence-corrected chi connectivity index (χ0v) is 15.5. The molecule has 1 aromatic carbocycles. The number of carbonyl (C=O) groups excluding carboxylic acids is 1.